The number of rotatable bonds is 6. The molecule has 4 nitrogen and oxygen atoms in total. The third-order valence-corrected chi connectivity index (χ3v) is 4.75. The van der Waals surface area contributed by atoms with Crippen LogP contribution in [-0.4, -0.2) is 5.91 Å². The van der Waals surface area contributed by atoms with E-state index in [0.717, 1.165) is 10.0 Å². The molecule has 0 aromatic heterocycles. The van der Waals surface area contributed by atoms with Crippen LogP contribution in [0.4, 0.5) is 10.1 Å². The number of halogens is 3. The molecular weight excluding hydrogens is 471 g/mol. The third kappa shape index (κ3) is 5.93. The van der Waals surface area contributed by atoms with Crippen molar-refractivity contribution in [3.05, 3.63) is 98.7 Å². The lowest BCUT2D eigenvalue weighted by Crippen LogP contribution is -2.13. The van der Waals surface area contributed by atoms with E-state index in [2.05, 4.69) is 21.2 Å². The SMILES string of the molecule is N#C/C(=C\c1cc(Br)ccc1OCc1cccc(Cl)c1)C(=O)Nc1ccc(F)cc1. The highest BCUT2D eigenvalue weighted by molar-refractivity contribution is 9.10. The van der Waals surface area contributed by atoms with Gasteiger partial charge in [0.2, 0.25) is 0 Å². The van der Waals surface area contributed by atoms with Crippen molar-refractivity contribution in [2.45, 2.75) is 6.61 Å². The lowest BCUT2D eigenvalue weighted by Gasteiger charge is -2.11. The molecule has 1 N–H and O–H groups in total. The maximum atomic E-state index is 13.0. The van der Waals surface area contributed by atoms with Crippen molar-refractivity contribution >= 4 is 45.2 Å². The summed E-state index contributed by atoms with van der Waals surface area (Å²) in [6.07, 6.45) is 1.44. The first-order valence-electron chi connectivity index (χ1n) is 8.80. The van der Waals surface area contributed by atoms with E-state index in [9.17, 15) is 14.4 Å². The molecule has 3 aromatic carbocycles. The Morgan fingerprint density at radius 2 is 1.93 bits per heavy atom. The van der Waals surface area contributed by atoms with E-state index in [1.165, 1.54) is 30.3 Å². The van der Waals surface area contributed by atoms with Gasteiger partial charge in [0, 0.05) is 20.7 Å². The van der Waals surface area contributed by atoms with Gasteiger partial charge in [-0.2, -0.15) is 5.26 Å². The summed E-state index contributed by atoms with van der Waals surface area (Å²) in [5, 5.41) is 12.7. The Morgan fingerprint density at radius 3 is 2.63 bits per heavy atom. The van der Waals surface area contributed by atoms with Crippen LogP contribution in [0.2, 0.25) is 5.02 Å². The molecule has 3 rings (SSSR count). The molecular formula is C23H15BrClFN2O2. The van der Waals surface area contributed by atoms with Gasteiger partial charge in [-0.15, -0.1) is 0 Å². The number of anilines is 1. The standard InChI is InChI=1S/C23H15BrClFN2O2/c24-18-4-9-22(30-14-15-2-1-3-19(25)10-15)16(12-18)11-17(13-27)23(29)28-21-7-5-20(26)6-8-21/h1-12H,14H2,(H,28,29)/b17-11+. The molecule has 150 valence electrons. The van der Waals surface area contributed by atoms with Crippen molar-refractivity contribution in [2.75, 3.05) is 5.32 Å². The van der Waals surface area contributed by atoms with Crippen LogP contribution in [0.5, 0.6) is 5.75 Å². The van der Waals surface area contributed by atoms with Gasteiger partial charge in [0.1, 0.15) is 29.8 Å². The van der Waals surface area contributed by atoms with Crippen LogP contribution >= 0.6 is 27.5 Å². The highest BCUT2D eigenvalue weighted by atomic mass is 79.9. The van der Waals surface area contributed by atoms with Crippen LogP contribution in [0.25, 0.3) is 6.08 Å². The normalized spacial score (nSPS) is 10.9. The van der Waals surface area contributed by atoms with Gasteiger partial charge >= 0.3 is 0 Å². The predicted molar refractivity (Wildman–Crippen MR) is 119 cm³/mol. The molecule has 7 heteroatoms. The number of hydrogen-bond acceptors (Lipinski definition) is 3. The summed E-state index contributed by atoms with van der Waals surface area (Å²) in [5.74, 6) is -0.523. The molecule has 0 saturated heterocycles. The lowest BCUT2D eigenvalue weighted by molar-refractivity contribution is -0.112. The molecule has 0 spiro atoms. The maximum absolute atomic E-state index is 13.0. The topological polar surface area (TPSA) is 62.1 Å². The first-order valence-corrected chi connectivity index (χ1v) is 9.97. The molecule has 0 aliphatic carbocycles. The van der Waals surface area contributed by atoms with Crippen LogP contribution in [0.3, 0.4) is 0 Å². The Labute approximate surface area is 186 Å². The fourth-order valence-electron chi connectivity index (χ4n) is 2.59. The number of ether oxygens (including phenoxy) is 1. The second-order valence-electron chi connectivity index (χ2n) is 6.23. The molecule has 0 heterocycles. The zero-order valence-electron chi connectivity index (χ0n) is 15.5. The summed E-state index contributed by atoms with van der Waals surface area (Å²) in [6, 6.07) is 19.8. The summed E-state index contributed by atoms with van der Waals surface area (Å²) in [6.45, 7) is 0.271. The number of nitrogens with one attached hydrogen (secondary N) is 1. The molecule has 0 aliphatic heterocycles. The number of carbonyl (C=O) groups is 1. The van der Waals surface area contributed by atoms with Crippen molar-refractivity contribution in [1.82, 2.24) is 0 Å². The van der Waals surface area contributed by atoms with Gasteiger partial charge in [0.15, 0.2) is 0 Å². The van der Waals surface area contributed by atoms with Crippen LogP contribution in [0.15, 0.2) is 76.8 Å². The summed E-state index contributed by atoms with van der Waals surface area (Å²) in [7, 11) is 0. The molecule has 0 saturated carbocycles. The van der Waals surface area contributed by atoms with E-state index < -0.39 is 11.7 Å². The minimum atomic E-state index is -0.607. The summed E-state index contributed by atoms with van der Waals surface area (Å²) >= 11 is 9.39. The first kappa shape index (κ1) is 21.6. The van der Waals surface area contributed by atoms with Gasteiger partial charge < -0.3 is 10.1 Å². The minimum absolute atomic E-state index is 0.120. The maximum Gasteiger partial charge on any atom is 0.266 e. The number of nitriles is 1. The quantitative estimate of drug-likeness (QED) is 0.326. The Morgan fingerprint density at radius 1 is 1.17 bits per heavy atom. The molecule has 0 radical (unpaired) electrons. The minimum Gasteiger partial charge on any atom is -0.488 e. The molecule has 0 fully saturated rings. The van der Waals surface area contributed by atoms with Crippen molar-refractivity contribution in [2.24, 2.45) is 0 Å². The van der Waals surface area contributed by atoms with Crippen molar-refractivity contribution in [1.29, 1.82) is 5.26 Å². The fourth-order valence-corrected chi connectivity index (χ4v) is 3.18. The largest absolute Gasteiger partial charge is 0.488 e. The zero-order chi connectivity index (χ0) is 21.5. The van der Waals surface area contributed by atoms with Gasteiger partial charge in [-0.05, 0) is 66.2 Å². The molecule has 30 heavy (non-hydrogen) atoms. The fraction of sp³-hybridized carbons (Fsp3) is 0.0435. The molecule has 3 aromatic rings. The van der Waals surface area contributed by atoms with E-state index in [4.69, 9.17) is 16.3 Å². The number of amides is 1. The number of nitrogens with zero attached hydrogens (tertiary/aromatic N) is 1. The summed E-state index contributed by atoms with van der Waals surface area (Å²) in [4.78, 5) is 12.5. The van der Waals surface area contributed by atoms with Gasteiger partial charge in [-0.1, -0.05) is 39.7 Å². The predicted octanol–water partition coefficient (Wildman–Crippen LogP) is 6.37. The Hall–Kier alpha value is -3.14. The van der Waals surface area contributed by atoms with Gasteiger partial charge in [-0.3, -0.25) is 4.79 Å². The van der Waals surface area contributed by atoms with Crippen molar-refractivity contribution in [3.63, 3.8) is 0 Å². The highest BCUT2D eigenvalue weighted by Gasteiger charge is 2.12. The smallest absolute Gasteiger partial charge is 0.266 e. The Kier molecular flexibility index (Phi) is 7.23. The van der Waals surface area contributed by atoms with Crippen LogP contribution in [0.1, 0.15) is 11.1 Å². The molecule has 0 aliphatic rings. The van der Waals surface area contributed by atoms with Gasteiger partial charge in [0.05, 0.1) is 0 Å². The third-order valence-electron chi connectivity index (χ3n) is 4.02. The number of hydrogen-bond donors (Lipinski definition) is 1. The summed E-state index contributed by atoms with van der Waals surface area (Å²) < 4.78 is 19.7. The average Bonchev–Trinajstić information content (AvgIpc) is 2.73. The van der Waals surface area contributed by atoms with E-state index >= 15 is 0 Å². The first-order chi connectivity index (χ1) is 14.4. The molecule has 0 unspecified atom stereocenters. The molecule has 0 bridgehead atoms. The Bertz CT molecular complexity index is 1140. The van der Waals surface area contributed by atoms with E-state index in [1.807, 2.05) is 18.2 Å². The van der Waals surface area contributed by atoms with Crippen molar-refractivity contribution < 1.29 is 13.9 Å². The van der Waals surface area contributed by atoms with Crippen LogP contribution < -0.4 is 10.1 Å². The van der Waals surface area contributed by atoms with E-state index in [-0.39, 0.29) is 12.2 Å². The average molecular weight is 486 g/mol. The highest BCUT2D eigenvalue weighted by Crippen LogP contribution is 2.27. The van der Waals surface area contributed by atoms with E-state index in [1.54, 1.807) is 30.3 Å². The van der Waals surface area contributed by atoms with Crippen LogP contribution in [0, 0.1) is 17.1 Å². The number of benzene rings is 3. The second kappa shape index (κ2) is 10.1. The second-order valence-corrected chi connectivity index (χ2v) is 7.58. The van der Waals surface area contributed by atoms with Gasteiger partial charge in [-0.25, -0.2) is 4.39 Å². The summed E-state index contributed by atoms with van der Waals surface area (Å²) in [5.41, 5.74) is 1.70. The Balaban J connectivity index is 1.82. The lowest BCUT2D eigenvalue weighted by atomic mass is 10.1. The zero-order valence-corrected chi connectivity index (χ0v) is 17.9. The van der Waals surface area contributed by atoms with E-state index in [0.29, 0.717) is 22.0 Å². The molecule has 1 amide bonds. The number of carbonyl (C=O) groups excluding carboxylic acids is 1. The van der Waals surface area contributed by atoms with Crippen molar-refractivity contribution in [3.8, 4) is 11.8 Å². The van der Waals surface area contributed by atoms with Gasteiger partial charge in [0.25, 0.3) is 5.91 Å². The molecule has 0 atom stereocenters. The monoisotopic (exact) mass is 484 g/mol. The van der Waals surface area contributed by atoms with Crippen LogP contribution in [-0.2, 0) is 11.4 Å².